The van der Waals surface area contributed by atoms with Gasteiger partial charge in [-0.25, -0.2) is 0 Å². The summed E-state index contributed by atoms with van der Waals surface area (Å²) in [5, 5.41) is 7.30. The lowest BCUT2D eigenvalue weighted by atomic mass is 10.1. The van der Waals surface area contributed by atoms with E-state index < -0.39 is 6.36 Å². The highest BCUT2D eigenvalue weighted by Gasteiger charge is 2.32. The molecule has 94 valence electrons. The summed E-state index contributed by atoms with van der Waals surface area (Å²) in [4.78, 5) is 0. The van der Waals surface area contributed by atoms with Gasteiger partial charge in [0, 0.05) is 5.56 Å². The van der Waals surface area contributed by atoms with Gasteiger partial charge in [-0.15, -0.1) is 23.4 Å². The molecule has 0 saturated carbocycles. The van der Waals surface area contributed by atoms with E-state index in [0.717, 1.165) is 0 Å². The summed E-state index contributed by atoms with van der Waals surface area (Å²) >= 11 is 0. The highest BCUT2D eigenvalue weighted by molar-refractivity contribution is 5.67. The highest BCUT2D eigenvalue weighted by atomic mass is 19.4. The third kappa shape index (κ3) is 2.88. The summed E-state index contributed by atoms with van der Waals surface area (Å²) < 4.78 is 40.6. The number of para-hydroxylation sites is 1. The van der Waals surface area contributed by atoms with E-state index in [9.17, 15) is 13.2 Å². The largest absolute Gasteiger partial charge is 0.573 e. The number of hydrogen-bond donors (Lipinski definition) is 1. The standard InChI is InChI=1S/C11H8F3N3O/c12-11(13,14)18-9-4-2-1-3-7(9)8-5-6-10(15)17-16-8/h1-6H,(H2,15,17). The highest BCUT2D eigenvalue weighted by Crippen LogP contribution is 2.32. The lowest BCUT2D eigenvalue weighted by Gasteiger charge is -2.12. The molecule has 0 unspecified atom stereocenters. The average molecular weight is 255 g/mol. The molecule has 1 heterocycles. The number of nitrogens with two attached hydrogens (primary N) is 1. The second-order valence-corrected chi connectivity index (χ2v) is 3.39. The SMILES string of the molecule is Nc1ccc(-c2ccccc2OC(F)(F)F)nn1. The Kier molecular flexibility index (Phi) is 3.05. The van der Waals surface area contributed by atoms with Crippen molar-refractivity contribution in [2.45, 2.75) is 6.36 Å². The summed E-state index contributed by atoms with van der Waals surface area (Å²) in [6, 6.07) is 8.61. The number of benzene rings is 1. The number of aromatic nitrogens is 2. The Morgan fingerprint density at radius 2 is 1.72 bits per heavy atom. The minimum Gasteiger partial charge on any atom is -0.405 e. The van der Waals surface area contributed by atoms with Crippen molar-refractivity contribution in [2.75, 3.05) is 5.73 Å². The van der Waals surface area contributed by atoms with Gasteiger partial charge in [-0.2, -0.15) is 0 Å². The van der Waals surface area contributed by atoms with Crippen molar-refractivity contribution in [1.29, 1.82) is 0 Å². The second kappa shape index (κ2) is 4.52. The van der Waals surface area contributed by atoms with E-state index in [-0.39, 0.29) is 22.8 Å². The smallest absolute Gasteiger partial charge is 0.405 e. The fraction of sp³-hybridized carbons (Fsp3) is 0.0909. The average Bonchev–Trinajstić information content (AvgIpc) is 2.29. The van der Waals surface area contributed by atoms with Crippen LogP contribution in [0.3, 0.4) is 0 Å². The molecule has 4 nitrogen and oxygen atoms in total. The van der Waals surface area contributed by atoms with Crippen LogP contribution in [0.2, 0.25) is 0 Å². The van der Waals surface area contributed by atoms with E-state index in [4.69, 9.17) is 5.73 Å². The first kappa shape index (κ1) is 12.2. The molecule has 2 N–H and O–H groups in total. The quantitative estimate of drug-likeness (QED) is 0.896. The molecule has 7 heteroatoms. The summed E-state index contributed by atoms with van der Waals surface area (Å²) in [7, 11) is 0. The van der Waals surface area contributed by atoms with Crippen LogP contribution < -0.4 is 10.5 Å². The first-order chi connectivity index (χ1) is 8.46. The van der Waals surface area contributed by atoms with Gasteiger partial charge in [0.1, 0.15) is 11.6 Å². The van der Waals surface area contributed by atoms with Crippen LogP contribution in [0.15, 0.2) is 36.4 Å². The number of halogens is 3. The van der Waals surface area contributed by atoms with E-state index in [0.29, 0.717) is 0 Å². The summed E-state index contributed by atoms with van der Waals surface area (Å²) in [5.41, 5.74) is 5.81. The topological polar surface area (TPSA) is 61.0 Å². The Balaban J connectivity index is 2.41. The Morgan fingerprint density at radius 1 is 1.00 bits per heavy atom. The fourth-order valence-corrected chi connectivity index (χ4v) is 1.38. The molecule has 2 rings (SSSR count). The maximum absolute atomic E-state index is 12.2. The van der Waals surface area contributed by atoms with Crippen molar-refractivity contribution in [3.05, 3.63) is 36.4 Å². The molecule has 0 bridgehead atoms. The van der Waals surface area contributed by atoms with Crippen LogP contribution in [0.4, 0.5) is 19.0 Å². The normalized spacial score (nSPS) is 11.3. The molecule has 0 amide bonds. The zero-order valence-corrected chi connectivity index (χ0v) is 8.98. The van der Waals surface area contributed by atoms with Gasteiger partial charge in [0.15, 0.2) is 0 Å². The van der Waals surface area contributed by atoms with Gasteiger partial charge < -0.3 is 10.5 Å². The predicted molar refractivity (Wildman–Crippen MR) is 58.6 cm³/mol. The van der Waals surface area contributed by atoms with Crippen LogP contribution in [0.25, 0.3) is 11.3 Å². The van der Waals surface area contributed by atoms with Gasteiger partial charge in [-0.05, 0) is 24.3 Å². The van der Waals surface area contributed by atoms with Crippen LogP contribution >= 0.6 is 0 Å². The molecule has 2 aromatic rings. The first-order valence-corrected chi connectivity index (χ1v) is 4.90. The number of nitrogens with zero attached hydrogens (tertiary/aromatic N) is 2. The van der Waals surface area contributed by atoms with Gasteiger partial charge in [-0.3, -0.25) is 0 Å². The van der Waals surface area contributed by atoms with Crippen LogP contribution in [0.1, 0.15) is 0 Å². The minimum absolute atomic E-state index is 0.188. The summed E-state index contributed by atoms with van der Waals surface area (Å²) in [6.07, 6.45) is -4.75. The predicted octanol–water partition coefficient (Wildman–Crippen LogP) is 2.62. The molecule has 0 aliphatic rings. The Labute approximate surface area is 100 Å². The van der Waals surface area contributed by atoms with Gasteiger partial charge in [0.05, 0.1) is 5.69 Å². The number of rotatable bonds is 2. The maximum atomic E-state index is 12.2. The monoisotopic (exact) mass is 255 g/mol. The molecular formula is C11H8F3N3O. The van der Waals surface area contributed by atoms with Crippen LogP contribution in [-0.4, -0.2) is 16.6 Å². The number of ether oxygens (including phenoxy) is 1. The Morgan fingerprint density at radius 3 is 2.33 bits per heavy atom. The number of hydrogen-bond acceptors (Lipinski definition) is 4. The van der Waals surface area contributed by atoms with Crippen LogP contribution in [0.5, 0.6) is 5.75 Å². The molecule has 18 heavy (non-hydrogen) atoms. The molecule has 0 aliphatic carbocycles. The van der Waals surface area contributed by atoms with E-state index in [1.54, 1.807) is 6.07 Å². The molecule has 1 aromatic heterocycles. The minimum atomic E-state index is -4.75. The summed E-state index contributed by atoms with van der Waals surface area (Å²) in [5.74, 6) is -0.142. The lowest BCUT2D eigenvalue weighted by Crippen LogP contribution is -2.17. The van der Waals surface area contributed by atoms with Gasteiger partial charge in [0.25, 0.3) is 0 Å². The van der Waals surface area contributed by atoms with Crippen LogP contribution in [-0.2, 0) is 0 Å². The van der Waals surface area contributed by atoms with Crippen molar-refractivity contribution in [3.63, 3.8) is 0 Å². The van der Waals surface area contributed by atoms with Gasteiger partial charge >= 0.3 is 6.36 Å². The molecule has 1 aromatic carbocycles. The molecule has 0 atom stereocenters. The fourth-order valence-electron chi connectivity index (χ4n) is 1.38. The van der Waals surface area contributed by atoms with Crippen molar-refractivity contribution in [2.24, 2.45) is 0 Å². The number of anilines is 1. The molecule has 0 radical (unpaired) electrons. The zero-order valence-electron chi connectivity index (χ0n) is 8.98. The van der Waals surface area contributed by atoms with Crippen molar-refractivity contribution in [1.82, 2.24) is 10.2 Å². The van der Waals surface area contributed by atoms with Gasteiger partial charge in [0.2, 0.25) is 0 Å². The molecular weight excluding hydrogens is 247 g/mol. The van der Waals surface area contributed by atoms with Crippen molar-refractivity contribution < 1.29 is 17.9 Å². The van der Waals surface area contributed by atoms with E-state index >= 15 is 0 Å². The van der Waals surface area contributed by atoms with E-state index in [1.165, 1.54) is 30.3 Å². The number of nitrogen functional groups attached to an aromatic ring is 1. The third-order valence-electron chi connectivity index (χ3n) is 2.07. The van der Waals surface area contributed by atoms with Gasteiger partial charge in [-0.1, -0.05) is 12.1 Å². The first-order valence-electron chi connectivity index (χ1n) is 4.90. The Bertz CT molecular complexity index is 540. The molecule has 0 spiro atoms. The van der Waals surface area contributed by atoms with E-state index in [2.05, 4.69) is 14.9 Å². The molecule has 0 saturated heterocycles. The van der Waals surface area contributed by atoms with Crippen molar-refractivity contribution >= 4 is 5.82 Å². The Hall–Kier alpha value is -2.31. The number of alkyl halides is 3. The molecule has 0 fully saturated rings. The lowest BCUT2D eigenvalue weighted by molar-refractivity contribution is -0.274. The zero-order chi connectivity index (χ0) is 13.2. The third-order valence-corrected chi connectivity index (χ3v) is 2.07. The van der Waals surface area contributed by atoms with Crippen LogP contribution in [0, 0.1) is 0 Å². The maximum Gasteiger partial charge on any atom is 0.573 e. The molecule has 0 aliphatic heterocycles. The summed E-state index contributed by atoms with van der Waals surface area (Å²) in [6.45, 7) is 0. The van der Waals surface area contributed by atoms with E-state index in [1.807, 2.05) is 0 Å². The van der Waals surface area contributed by atoms with Crippen molar-refractivity contribution in [3.8, 4) is 17.0 Å². The second-order valence-electron chi connectivity index (χ2n) is 3.39.